The van der Waals surface area contributed by atoms with Crippen LogP contribution in [0.3, 0.4) is 0 Å². The van der Waals surface area contributed by atoms with Crippen molar-refractivity contribution in [1.82, 2.24) is 19.6 Å². The average molecular weight is 207 g/mol. The molecule has 6 heteroatoms. The van der Waals surface area contributed by atoms with Crippen molar-refractivity contribution < 1.29 is 0 Å². The number of aromatic nitrogens is 4. The monoisotopic (exact) mass is 207 g/mol. The Labute approximate surface area is 86.1 Å². The number of H-pyrrole nitrogens is 1. The first-order valence-corrected chi connectivity index (χ1v) is 4.83. The van der Waals surface area contributed by atoms with Crippen LogP contribution in [0.5, 0.6) is 0 Å². The lowest BCUT2D eigenvalue weighted by molar-refractivity contribution is 0.645. The van der Waals surface area contributed by atoms with Gasteiger partial charge >= 0.3 is 0 Å². The Hall–Kier alpha value is -1.69. The summed E-state index contributed by atoms with van der Waals surface area (Å²) in [5, 5.41) is 2.85. The number of nitrogens with two attached hydrogens (primary N) is 1. The number of nitrogens with one attached hydrogen (secondary N) is 1. The lowest BCUT2D eigenvalue weighted by atomic mass is 10.2. The Bertz CT molecular complexity index is 541. The molecular formula is C9H13N5O. The van der Waals surface area contributed by atoms with Gasteiger partial charge in [0.25, 0.3) is 11.3 Å². The number of rotatable bonds is 2. The summed E-state index contributed by atoms with van der Waals surface area (Å²) >= 11 is 0. The molecule has 0 saturated carbocycles. The molecule has 1 unspecified atom stereocenters. The van der Waals surface area contributed by atoms with Gasteiger partial charge in [-0.3, -0.25) is 9.89 Å². The van der Waals surface area contributed by atoms with Gasteiger partial charge in [0, 0.05) is 11.8 Å². The highest BCUT2D eigenvalue weighted by molar-refractivity contribution is 5.28. The van der Waals surface area contributed by atoms with Crippen molar-refractivity contribution in [2.24, 2.45) is 5.73 Å². The molecule has 1 atom stereocenters. The van der Waals surface area contributed by atoms with E-state index in [1.54, 1.807) is 6.92 Å². The van der Waals surface area contributed by atoms with Crippen LogP contribution in [0.2, 0.25) is 0 Å². The molecule has 0 aliphatic heterocycles. The Balaban J connectivity index is 2.65. The highest BCUT2D eigenvalue weighted by atomic mass is 16.1. The minimum Gasteiger partial charge on any atom is -0.321 e. The number of nitrogens with zero attached hydrogens (tertiary/aromatic N) is 3. The molecule has 0 bridgehead atoms. The third-order valence-electron chi connectivity index (χ3n) is 2.27. The molecule has 0 aromatic carbocycles. The summed E-state index contributed by atoms with van der Waals surface area (Å²) in [5.74, 6) is 0.964. The maximum atomic E-state index is 11.5. The van der Waals surface area contributed by atoms with Crippen LogP contribution in [0.1, 0.15) is 30.9 Å². The molecule has 0 radical (unpaired) electrons. The van der Waals surface area contributed by atoms with Crippen LogP contribution < -0.4 is 11.3 Å². The van der Waals surface area contributed by atoms with E-state index in [1.165, 1.54) is 10.6 Å². The SMILES string of the molecule is CCC(N)c1nc2nc(C)cc(=O)n2[nH]1. The summed E-state index contributed by atoms with van der Waals surface area (Å²) in [4.78, 5) is 19.9. The topological polar surface area (TPSA) is 89.1 Å². The molecule has 0 fully saturated rings. The van der Waals surface area contributed by atoms with Crippen molar-refractivity contribution in [1.29, 1.82) is 0 Å². The standard InChI is InChI=1S/C9H13N5O/c1-3-6(10)8-12-9-11-5(2)4-7(15)14(9)13-8/h4,6H,3,10H2,1-2H3,(H,11,12,13). The first-order valence-electron chi connectivity index (χ1n) is 4.83. The Morgan fingerprint density at radius 2 is 2.33 bits per heavy atom. The molecular weight excluding hydrogens is 194 g/mol. The number of aryl methyl sites for hydroxylation is 1. The molecule has 15 heavy (non-hydrogen) atoms. The summed E-state index contributed by atoms with van der Waals surface area (Å²) in [5.41, 5.74) is 6.30. The third-order valence-corrected chi connectivity index (χ3v) is 2.27. The molecule has 80 valence electrons. The van der Waals surface area contributed by atoms with E-state index in [9.17, 15) is 4.79 Å². The Kier molecular flexibility index (Phi) is 2.28. The van der Waals surface area contributed by atoms with E-state index in [0.29, 0.717) is 17.3 Å². The van der Waals surface area contributed by atoms with E-state index in [1.807, 2.05) is 6.92 Å². The van der Waals surface area contributed by atoms with Gasteiger partial charge in [-0.05, 0) is 13.3 Å². The molecule has 2 aromatic heterocycles. The minimum absolute atomic E-state index is 0.167. The summed E-state index contributed by atoms with van der Waals surface area (Å²) < 4.78 is 1.30. The molecule has 2 rings (SSSR count). The molecule has 0 amide bonds. The van der Waals surface area contributed by atoms with Crippen LogP contribution in [0.25, 0.3) is 5.78 Å². The summed E-state index contributed by atoms with van der Waals surface area (Å²) in [6.45, 7) is 3.72. The second-order valence-electron chi connectivity index (χ2n) is 3.49. The number of hydrogen-bond donors (Lipinski definition) is 2. The lowest BCUT2D eigenvalue weighted by Gasteiger charge is -2.01. The fourth-order valence-corrected chi connectivity index (χ4v) is 1.37. The van der Waals surface area contributed by atoms with Gasteiger partial charge in [-0.1, -0.05) is 6.92 Å². The first-order chi connectivity index (χ1) is 7.11. The first kappa shape index (κ1) is 9.85. The zero-order valence-electron chi connectivity index (χ0n) is 8.69. The van der Waals surface area contributed by atoms with Crippen molar-refractivity contribution >= 4 is 5.78 Å². The van der Waals surface area contributed by atoms with Crippen LogP contribution >= 0.6 is 0 Å². The highest BCUT2D eigenvalue weighted by Crippen LogP contribution is 2.08. The number of fused-ring (bicyclic) bond motifs is 1. The molecule has 0 aliphatic carbocycles. The van der Waals surface area contributed by atoms with Gasteiger partial charge in [0.05, 0.1) is 6.04 Å². The van der Waals surface area contributed by atoms with Crippen molar-refractivity contribution in [3.8, 4) is 0 Å². The van der Waals surface area contributed by atoms with Crippen LogP contribution in [0, 0.1) is 6.92 Å². The second-order valence-corrected chi connectivity index (χ2v) is 3.49. The zero-order chi connectivity index (χ0) is 11.0. The molecule has 2 heterocycles. The van der Waals surface area contributed by atoms with Crippen LogP contribution in [0.15, 0.2) is 10.9 Å². The molecule has 2 aromatic rings. The quantitative estimate of drug-likeness (QED) is 0.732. The van der Waals surface area contributed by atoms with Gasteiger partial charge in [-0.25, -0.2) is 4.98 Å². The fourth-order valence-electron chi connectivity index (χ4n) is 1.37. The summed E-state index contributed by atoms with van der Waals surface area (Å²) in [6.07, 6.45) is 0.757. The maximum absolute atomic E-state index is 11.5. The maximum Gasteiger partial charge on any atom is 0.274 e. The number of aromatic amines is 1. The molecule has 0 spiro atoms. The van der Waals surface area contributed by atoms with E-state index in [4.69, 9.17) is 5.73 Å². The largest absolute Gasteiger partial charge is 0.321 e. The normalized spacial score (nSPS) is 13.3. The molecule has 0 aliphatic rings. The Morgan fingerprint density at radius 1 is 1.60 bits per heavy atom. The van der Waals surface area contributed by atoms with Crippen LogP contribution in [-0.2, 0) is 0 Å². The van der Waals surface area contributed by atoms with E-state index < -0.39 is 0 Å². The van der Waals surface area contributed by atoms with Crippen molar-refractivity contribution in [2.45, 2.75) is 26.3 Å². The van der Waals surface area contributed by atoms with Crippen LogP contribution in [0.4, 0.5) is 0 Å². The summed E-state index contributed by atoms with van der Waals surface area (Å²) in [6, 6.07) is 1.26. The zero-order valence-corrected chi connectivity index (χ0v) is 8.69. The van der Waals surface area contributed by atoms with Gasteiger partial charge < -0.3 is 5.73 Å². The van der Waals surface area contributed by atoms with Gasteiger partial charge in [0.2, 0.25) is 0 Å². The van der Waals surface area contributed by atoms with Crippen molar-refractivity contribution in [2.75, 3.05) is 0 Å². The van der Waals surface area contributed by atoms with Gasteiger partial charge in [0.1, 0.15) is 5.82 Å². The van der Waals surface area contributed by atoms with E-state index >= 15 is 0 Å². The lowest BCUT2D eigenvalue weighted by Crippen LogP contribution is -2.15. The molecule has 6 nitrogen and oxygen atoms in total. The van der Waals surface area contributed by atoms with Gasteiger partial charge in [-0.15, -0.1) is 0 Å². The predicted molar refractivity (Wildman–Crippen MR) is 55.6 cm³/mol. The van der Waals surface area contributed by atoms with Crippen molar-refractivity contribution in [3.05, 3.63) is 27.9 Å². The fraction of sp³-hybridized carbons (Fsp3) is 0.444. The van der Waals surface area contributed by atoms with Crippen LogP contribution in [-0.4, -0.2) is 19.6 Å². The van der Waals surface area contributed by atoms with Gasteiger partial charge in [-0.2, -0.15) is 9.50 Å². The average Bonchev–Trinajstić information content (AvgIpc) is 2.60. The third kappa shape index (κ3) is 1.63. The van der Waals surface area contributed by atoms with Gasteiger partial charge in [0.15, 0.2) is 0 Å². The molecule has 0 saturated heterocycles. The highest BCUT2D eigenvalue weighted by Gasteiger charge is 2.11. The minimum atomic E-state index is -0.189. The van der Waals surface area contributed by atoms with E-state index in [2.05, 4.69) is 15.1 Å². The predicted octanol–water partition coefficient (Wildman–Crippen LogP) is 0.136. The van der Waals surface area contributed by atoms with E-state index in [0.717, 1.165) is 6.42 Å². The smallest absolute Gasteiger partial charge is 0.274 e. The molecule has 3 N–H and O–H groups in total. The van der Waals surface area contributed by atoms with Crippen molar-refractivity contribution in [3.63, 3.8) is 0 Å². The Morgan fingerprint density at radius 3 is 3.00 bits per heavy atom. The second kappa shape index (κ2) is 3.47. The number of hydrogen-bond acceptors (Lipinski definition) is 4. The summed E-state index contributed by atoms with van der Waals surface area (Å²) in [7, 11) is 0. The van der Waals surface area contributed by atoms with E-state index in [-0.39, 0.29) is 11.6 Å².